The molecule has 0 fully saturated rings. The van der Waals surface area contributed by atoms with Gasteiger partial charge in [-0.15, -0.1) is 0 Å². The van der Waals surface area contributed by atoms with Crippen LogP contribution in [0.15, 0.2) is 54.7 Å². The molecule has 0 spiro atoms. The summed E-state index contributed by atoms with van der Waals surface area (Å²) in [5.74, 6) is 1.43. The number of fused-ring (bicyclic) bond motifs is 1. The molecule has 0 amide bonds. The molecule has 1 aliphatic heterocycles. The van der Waals surface area contributed by atoms with E-state index in [0.717, 1.165) is 30.1 Å². The fourth-order valence-electron chi connectivity index (χ4n) is 4.22. The normalized spacial score (nSPS) is 15.5. The number of ether oxygens (including phenoxy) is 2. The molecular weight excluding hydrogens is 394 g/mol. The van der Waals surface area contributed by atoms with Crippen LogP contribution in [-0.4, -0.2) is 35.3 Å². The predicted molar refractivity (Wildman–Crippen MR) is 125 cm³/mol. The maximum atomic E-state index is 5.88. The lowest BCUT2D eigenvalue weighted by Gasteiger charge is -2.39. The molecule has 2 heterocycles. The van der Waals surface area contributed by atoms with Gasteiger partial charge < -0.3 is 24.3 Å². The topological polar surface area (TPSA) is 38.7 Å². The highest BCUT2D eigenvalue weighted by Crippen LogP contribution is 2.37. The van der Waals surface area contributed by atoms with E-state index in [0.29, 0.717) is 10.9 Å². The average molecular weight is 422 g/mol. The van der Waals surface area contributed by atoms with Crippen molar-refractivity contribution in [1.29, 1.82) is 0 Å². The third kappa shape index (κ3) is 3.87. The summed E-state index contributed by atoms with van der Waals surface area (Å²) >= 11 is 5.88. The number of rotatable bonds is 4. The van der Waals surface area contributed by atoms with Crippen LogP contribution < -0.4 is 14.8 Å². The van der Waals surface area contributed by atoms with Crippen LogP contribution in [0.3, 0.4) is 0 Å². The van der Waals surface area contributed by atoms with Crippen molar-refractivity contribution in [3.8, 4) is 11.5 Å². The van der Waals surface area contributed by atoms with Crippen LogP contribution in [0.5, 0.6) is 11.5 Å². The van der Waals surface area contributed by atoms with Crippen LogP contribution in [0.2, 0.25) is 0 Å². The van der Waals surface area contributed by atoms with Gasteiger partial charge in [0.1, 0.15) is 0 Å². The minimum atomic E-state index is -0.0144. The molecule has 5 nitrogen and oxygen atoms in total. The van der Waals surface area contributed by atoms with Crippen LogP contribution in [0, 0.1) is 13.8 Å². The molecule has 1 unspecified atom stereocenters. The Morgan fingerprint density at radius 2 is 1.70 bits per heavy atom. The summed E-state index contributed by atoms with van der Waals surface area (Å²) in [5, 5.41) is 4.17. The smallest absolute Gasteiger partial charge is 0.174 e. The first-order chi connectivity index (χ1) is 14.5. The van der Waals surface area contributed by atoms with Gasteiger partial charge in [0.05, 0.1) is 20.3 Å². The third-order valence-electron chi connectivity index (χ3n) is 5.50. The third-order valence-corrected chi connectivity index (χ3v) is 5.83. The van der Waals surface area contributed by atoms with Crippen molar-refractivity contribution in [2.75, 3.05) is 26.1 Å². The van der Waals surface area contributed by atoms with Crippen molar-refractivity contribution in [1.82, 2.24) is 9.47 Å². The number of benzene rings is 2. The van der Waals surface area contributed by atoms with Crippen LogP contribution in [0.1, 0.15) is 28.4 Å². The number of methoxy groups -OCH3 is 2. The van der Waals surface area contributed by atoms with E-state index in [9.17, 15) is 0 Å². The van der Waals surface area contributed by atoms with E-state index in [1.807, 2.05) is 12.1 Å². The molecule has 0 saturated heterocycles. The van der Waals surface area contributed by atoms with E-state index in [4.69, 9.17) is 21.7 Å². The molecular formula is C24H27N3O2S. The Kier molecular flexibility index (Phi) is 5.68. The summed E-state index contributed by atoms with van der Waals surface area (Å²) in [6, 6.07) is 16.7. The molecule has 0 bridgehead atoms. The van der Waals surface area contributed by atoms with Crippen molar-refractivity contribution in [3.05, 3.63) is 77.1 Å². The van der Waals surface area contributed by atoms with E-state index in [2.05, 4.69) is 71.2 Å². The average Bonchev–Trinajstić information content (AvgIpc) is 3.20. The standard InChI is InChI=1S/C24H27N3O2S/c1-16-12-17(2)14-19(13-16)25-24(30)27-11-10-26-9-5-6-20(26)23(27)18-7-8-21(28-3)22(15-18)29-4/h5-9,12-15,23H,10-11H2,1-4H3,(H,25,30). The molecule has 6 heteroatoms. The molecule has 2 aromatic carbocycles. The van der Waals surface area contributed by atoms with Gasteiger partial charge in [-0.2, -0.15) is 0 Å². The maximum absolute atomic E-state index is 5.88. The number of nitrogens with zero attached hydrogens (tertiary/aromatic N) is 2. The Hall–Kier alpha value is -2.99. The van der Waals surface area contributed by atoms with Gasteiger partial charge in [-0.3, -0.25) is 0 Å². The Labute approximate surface area is 183 Å². The number of thiocarbonyl (C=S) groups is 1. The van der Waals surface area contributed by atoms with Gasteiger partial charge in [-0.1, -0.05) is 12.1 Å². The lowest BCUT2D eigenvalue weighted by atomic mass is 9.99. The molecule has 30 heavy (non-hydrogen) atoms. The second-order valence-corrected chi connectivity index (χ2v) is 8.03. The van der Waals surface area contributed by atoms with Gasteiger partial charge in [0.15, 0.2) is 16.6 Å². The van der Waals surface area contributed by atoms with Crippen LogP contribution >= 0.6 is 12.2 Å². The highest BCUT2D eigenvalue weighted by molar-refractivity contribution is 7.80. The molecule has 0 saturated carbocycles. The lowest BCUT2D eigenvalue weighted by molar-refractivity contribution is 0.291. The number of aryl methyl sites for hydroxylation is 2. The summed E-state index contributed by atoms with van der Waals surface area (Å²) in [4.78, 5) is 2.25. The molecule has 1 N–H and O–H groups in total. The number of nitrogens with one attached hydrogen (secondary N) is 1. The van der Waals surface area contributed by atoms with Gasteiger partial charge >= 0.3 is 0 Å². The van der Waals surface area contributed by atoms with Crippen molar-refractivity contribution in [2.24, 2.45) is 0 Å². The minimum Gasteiger partial charge on any atom is -0.493 e. The SMILES string of the molecule is COc1ccc(C2c3cccn3CCN2C(=S)Nc2cc(C)cc(C)c2)cc1OC. The van der Waals surface area contributed by atoms with E-state index >= 15 is 0 Å². The second kappa shape index (κ2) is 8.40. The maximum Gasteiger partial charge on any atom is 0.174 e. The summed E-state index contributed by atoms with van der Waals surface area (Å²) < 4.78 is 13.3. The van der Waals surface area contributed by atoms with Crippen molar-refractivity contribution in [2.45, 2.75) is 26.4 Å². The van der Waals surface area contributed by atoms with Gasteiger partial charge in [-0.25, -0.2) is 0 Å². The molecule has 0 radical (unpaired) electrons. The van der Waals surface area contributed by atoms with E-state index in [1.165, 1.54) is 16.8 Å². The predicted octanol–water partition coefficient (Wildman–Crippen LogP) is 4.92. The fraction of sp³-hybridized carbons (Fsp3) is 0.292. The summed E-state index contributed by atoms with van der Waals surface area (Å²) in [6.45, 7) is 5.90. The number of anilines is 1. The summed E-state index contributed by atoms with van der Waals surface area (Å²) in [6.07, 6.45) is 2.13. The first-order valence-electron chi connectivity index (χ1n) is 10.0. The first-order valence-corrected chi connectivity index (χ1v) is 10.4. The van der Waals surface area contributed by atoms with Gasteiger partial charge in [0, 0.05) is 30.7 Å². The summed E-state index contributed by atoms with van der Waals surface area (Å²) in [5.41, 5.74) is 5.76. The van der Waals surface area contributed by atoms with E-state index < -0.39 is 0 Å². The summed E-state index contributed by atoms with van der Waals surface area (Å²) in [7, 11) is 3.31. The molecule has 1 aliphatic rings. The van der Waals surface area contributed by atoms with Crippen molar-refractivity contribution in [3.63, 3.8) is 0 Å². The zero-order valence-corrected chi connectivity index (χ0v) is 18.6. The van der Waals surface area contributed by atoms with Gasteiger partial charge in [0.25, 0.3) is 0 Å². The first kappa shape index (κ1) is 20.3. The Bertz CT molecular complexity index is 1060. The molecule has 156 valence electrons. The molecule has 3 aromatic rings. The van der Waals surface area contributed by atoms with Gasteiger partial charge in [-0.05, 0) is 79.2 Å². The Morgan fingerprint density at radius 1 is 0.967 bits per heavy atom. The Balaban J connectivity index is 1.70. The zero-order valence-electron chi connectivity index (χ0n) is 17.8. The van der Waals surface area contributed by atoms with Gasteiger partial charge in [0.2, 0.25) is 0 Å². The van der Waals surface area contributed by atoms with Crippen LogP contribution in [-0.2, 0) is 6.54 Å². The number of aromatic nitrogens is 1. The molecule has 1 atom stereocenters. The molecule has 4 rings (SSSR count). The van der Waals surface area contributed by atoms with E-state index in [1.54, 1.807) is 14.2 Å². The largest absolute Gasteiger partial charge is 0.493 e. The van der Waals surface area contributed by atoms with Crippen LogP contribution in [0.25, 0.3) is 0 Å². The zero-order chi connectivity index (χ0) is 21.3. The Morgan fingerprint density at radius 3 is 2.40 bits per heavy atom. The fourth-order valence-corrected chi connectivity index (χ4v) is 4.53. The monoisotopic (exact) mass is 421 g/mol. The number of hydrogen-bond donors (Lipinski definition) is 1. The second-order valence-electron chi connectivity index (χ2n) is 7.64. The highest BCUT2D eigenvalue weighted by atomic mass is 32.1. The number of hydrogen-bond acceptors (Lipinski definition) is 3. The molecule has 0 aliphatic carbocycles. The quantitative estimate of drug-likeness (QED) is 0.605. The van der Waals surface area contributed by atoms with E-state index in [-0.39, 0.29) is 6.04 Å². The van der Waals surface area contributed by atoms with Crippen molar-refractivity contribution >= 4 is 23.0 Å². The lowest BCUT2D eigenvalue weighted by Crippen LogP contribution is -2.44. The minimum absolute atomic E-state index is 0.0144. The van der Waals surface area contributed by atoms with Crippen molar-refractivity contribution < 1.29 is 9.47 Å². The highest BCUT2D eigenvalue weighted by Gasteiger charge is 2.31. The van der Waals surface area contributed by atoms with Crippen LogP contribution in [0.4, 0.5) is 5.69 Å². The molecule has 1 aromatic heterocycles.